The van der Waals surface area contributed by atoms with Crippen LogP contribution in [0.3, 0.4) is 0 Å². The SMILES string of the molecule is C=C(C)c1ccc(C)cc1-c1c(O)cc(CCCCC)c(S(=O)(=O)NC)c1O. The summed E-state index contributed by atoms with van der Waals surface area (Å²) in [6.45, 7) is 9.74. The maximum absolute atomic E-state index is 12.7. The Balaban J connectivity index is 2.84. The van der Waals surface area contributed by atoms with Crippen molar-refractivity contribution in [3.8, 4) is 22.6 Å². The molecule has 0 aromatic heterocycles. The van der Waals surface area contributed by atoms with Crippen molar-refractivity contribution < 1.29 is 18.6 Å². The van der Waals surface area contributed by atoms with Gasteiger partial charge in [-0.15, -0.1) is 0 Å². The molecule has 5 nitrogen and oxygen atoms in total. The Morgan fingerprint density at radius 1 is 1.18 bits per heavy atom. The highest BCUT2D eigenvalue weighted by molar-refractivity contribution is 7.89. The maximum atomic E-state index is 12.7. The van der Waals surface area contributed by atoms with E-state index in [9.17, 15) is 18.6 Å². The van der Waals surface area contributed by atoms with E-state index in [2.05, 4.69) is 18.2 Å². The molecule has 0 bridgehead atoms. The highest BCUT2D eigenvalue weighted by Gasteiger charge is 2.28. The fraction of sp³-hybridized carbons (Fsp3) is 0.364. The summed E-state index contributed by atoms with van der Waals surface area (Å²) in [5.74, 6) is -0.582. The van der Waals surface area contributed by atoms with Crippen LogP contribution in [0.25, 0.3) is 16.7 Å². The van der Waals surface area contributed by atoms with Crippen LogP contribution in [0, 0.1) is 6.92 Å². The number of hydrogen-bond donors (Lipinski definition) is 3. The van der Waals surface area contributed by atoms with E-state index in [4.69, 9.17) is 0 Å². The summed E-state index contributed by atoms with van der Waals surface area (Å²) >= 11 is 0. The summed E-state index contributed by atoms with van der Waals surface area (Å²) in [6, 6.07) is 7.03. The van der Waals surface area contributed by atoms with Gasteiger partial charge in [0.05, 0.1) is 5.56 Å². The molecule has 0 aliphatic heterocycles. The molecule has 0 aliphatic carbocycles. The van der Waals surface area contributed by atoms with Crippen LogP contribution in [0.5, 0.6) is 11.5 Å². The fourth-order valence-corrected chi connectivity index (χ4v) is 4.41. The molecule has 0 aliphatic rings. The number of aromatic hydroxyl groups is 2. The predicted octanol–water partition coefficient (Wildman–Crippen LogP) is 4.75. The lowest BCUT2D eigenvalue weighted by Gasteiger charge is -2.19. The molecule has 28 heavy (non-hydrogen) atoms. The van der Waals surface area contributed by atoms with E-state index in [1.165, 1.54) is 13.1 Å². The van der Waals surface area contributed by atoms with Crippen molar-refractivity contribution in [1.82, 2.24) is 4.72 Å². The lowest BCUT2D eigenvalue weighted by molar-refractivity contribution is 0.440. The number of sulfonamides is 1. The predicted molar refractivity (Wildman–Crippen MR) is 114 cm³/mol. The minimum Gasteiger partial charge on any atom is -0.507 e. The van der Waals surface area contributed by atoms with Crippen LogP contribution in [-0.4, -0.2) is 25.7 Å². The molecule has 0 atom stereocenters. The molecule has 2 aromatic rings. The second kappa shape index (κ2) is 8.80. The van der Waals surface area contributed by atoms with E-state index in [-0.39, 0.29) is 16.2 Å². The Bertz CT molecular complexity index is 994. The molecule has 0 radical (unpaired) electrons. The van der Waals surface area contributed by atoms with Gasteiger partial charge in [0, 0.05) is 0 Å². The van der Waals surface area contributed by atoms with Crippen molar-refractivity contribution in [3.63, 3.8) is 0 Å². The lowest BCUT2D eigenvalue weighted by atomic mass is 9.91. The van der Waals surface area contributed by atoms with Crippen molar-refractivity contribution in [2.24, 2.45) is 0 Å². The molecule has 0 spiro atoms. The molecular weight excluding hydrogens is 374 g/mol. The van der Waals surface area contributed by atoms with Gasteiger partial charge in [-0.3, -0.25) is 0 Å². The quantitative estimate of drug-likeness (QED) is 0.555. The molecular formula is C22H29NO4S. The van der Waals surface area contributed by atoms with Crippen LogP contribution < -0.4 is 4.72 Å². The second-order valence-electron chi connectivity index (χ2n) is 7.10. The monoisotopic (exact) mass is 403 g/mol. The zero-order chi connectivity index (χ0) is 21.1. The minimum absolute atomic E-state index is 0.106. The number of allylic oxidation sites excluding steroid dienone is 1. The lowest BCUT2D eigenvalue weighted by Crippen LogP contribution is -2.20. The van der Waals surface area contributed by atoms with E-state index < -0.39 is 15.8 Å². The molecule has 0 unspecified atom stereocenters. The smallest absolute Gasteiger partial charge is 0.244 e. The van der Waals surface area contributed by atoms with Crippen molar-refractivity contribution in [1.29, 1.82) is 0 Å². The van der Waals surface area contributed by atoms with Crippen molar-refractivity contribution in [3.05, 3.63) is 47.5 Å². The van der Waals surface area contributed by atoms with Crippen molar-refractivity contribution in [2.75, 3.05) is 7.05 Å². The van der Waals surface area contributed by atoms with Crippen LogP contribution >= 0.6 is 0 Å². The molecule has 0 saturated heterocycles. The molecule has 2 aromatic carbocycles. The van der Waals surface area contributed by atoms with E-state index in [0.29, 0.717) is 17.5 Å². The van der Waals surface area contributed by atoms with Gasteiger partial charge in [-0.1, -0.05) is 55.7 Å². The van der Waals surface area contributed by atoms with Gasteiger partial charge in [0.1, 0.15) is 16.4 Å². The third kappa shape index (κ3) is 4.39. The summed E-state index contributed by atoms with van der Waals surface area (Å²) in [6.07, 6.45) is 3.13. The highest BCUT2D eigenvalue weighted by Crippen LogP contribution is 2.46. The standard InChI is InChI=1S/C22H29NO4S/c1-6-7-8-9-16-13-19(24)20(21(25)22(16)28(26,27)23-5)18-12-15(4)10-11-17(18)14(2)3/h10-13,23-25H,2,6-9H2,1,3-5H3. The van der Waals surface area contributed by atoms with E-state index in [1.807, 2.05) is 32.0 Å². The van der Waals surface area contributed by atoms with Gasteiger partial charge in [-0.2, -0.15) is 0 Å². The van der Waals surface area contributed by atoms with Gasteiger partial charge in [-0.25, -0.2) is 13.1 Å². The molecule has 0 amide bonds. The number of unbranched alkanes of at least 4 members (excludes halogenated alkanes) is 2. The zero-order valence-corrected chi connectivity index (χ0v) is 17.8. The first-order valence-electron chi connectivity index (χ1n) is 9.42. The largest absolute Gasteiger partial charge is 0.507 e. The van der Waals surface area contributed by atoms with Gasteiger partial charge in [0.2, 0.25) is 10.0 Å². The van der Waals surface area contributed by atoms with Crippen LogP contribution in [0.2, 0.25) is 0 Å². The van der Waals surface area contributed by atoms with E-state index in [1.54, 1.807) is 0 Å². The van der Waals surface area contributed by atoms with Crippen molar-refractivity contribution >= 4 is 15.6 Å². The summed E-state index contributed by atoms with van der Waals surface area (Å²) in [7, 11) is -2.61. The number of benzene rings is 2. The average Bonchev–Trinajstić information content (AvgIpc) is 2.61. The van der Waals surface area contributed by atoms with Gasteiger partial charge in [-0.05, 0) is 56.5 Å². The fourth-order valence-electron chi connectivity index (χ4n) is 3.35. The average molecular weight is 404 g/mol. The topological polar surface area (TPSA) is 86.6 Å². The Labute approximate surface area is 167 Å². The summed E-state index contributed by atoms with van der Waals surface area (Å²) < 4.78 is 27.7. The molecule has 0 heterocycles. The van der Waals surface area contributed by atoms with Crippen LogP contribution in [-0.2, 0) is 16.4 Å². The molecule has 3 N–H and O–H groups in total. The highest BCUT2D eigenvalue weighted by atomic mass is 32.2. The van der Waals surface area contributed by atoms with E-state index in [0.717, 1.165) is 36.0 Å². The van der Waals surface area contributed by atoms with Crippen LogP contribution in [0.1, 0.15) is 49.8 Å². The summed E-state index contributed by atoms with van der Waals surface area (Å²) in [5.41, 5.74) is 3.47. The molecule has 0 fully saturated rings. The Kier molecular flexibility index (Phi) is 6.91. The van der Waals surface area contributed by atoms with Crippen molar-refractivity contribution in [2.45, 2.75) is 51.3 Å². The first kappa shape index (κ1) is 22.0. The normalized spacial score (nSPS) is 11.6. The molecule has 6 heteroatoms. The second-order valence-corrected chi connectivity index (χ2v) is 8.92. The Morgan fingerprint density at radius 3 is 2.43 bits per heavy atom. The third-order valence-electron chi connectivity index (χ3n) is 4.80. The Hall–Kier alpha value is -2.31. The third-order valence-corrected chi connectivity index (χ3v) is 6.33. The summed E-state index contributed by atoms with van der Waals surface area (Å²) in [5, 5.41) is 21.8. The molecule has 2 rings (SSSR count). The van der Waals surface area contributed by atoms with Gasteiger partial charge in [0.25, 0.3) is 0 Å². The molecule has 152 valence electrons. The maximum Gasteiger partial charge on any atom is 0.244 e. The minimum atomic E-state index is -3.92. The van der Waals surface area contributed by atoms with Gasteiger partial charge < -0.3 is 10.2 Å². The molecule has 0 saturated carbocycles. The Morgan fingerprint density at radius 2 is 1.86 bits per heavy atom. The van der Waals surface area contributed by atoms with Crippen LogP contribution in [0.4, 0.5) is 0 Å². The number of nitrogens with one attached hydrogen (secondary N) is 1. The number of rotatable bonds is 8. The first-order valence-corrected chi connectivity index (χ1v) is 10.9. The summed E-state index contributed by atoms with van der Waals surface area (Å²) in [4.78, 5) is -0.173. The first-order chi connectivity index (χ1) is 13.1. The zero-order valence-electron chi connectivity index (χ0n) is 17.0. The number of phenols is 2. The van der Waals surface area contributed by atoms with Crippen LogP contribution in [0.15, 0.2) is 35.7 Å². The number of phenolic OH excluding ortho intramolecular Hbond substituents is 2. The number of aryl methyl sites for hydroxylation is 2. The van der Waals surface area contributed by atoms with Gasteiger partial charge >= 0.3 is 0 Å². The van der Waals surface area contributed by atoms with Gasteiger partial charge in [0.15, 0.2) is 0 Å². The van der Waals surface area contributed by atoms with E-state index >= 15 is 0 Å². The number of hydrogen-bond acceptors (Lipinski definition) is 4.